The monoisotopic (exact) mass is 269 g/mol. The molecule has 0 saturated heterocycles. The molecular weight excluding hydrogens is 242 g/mol. The maximum absolute atomic E-state index is 9.39. The Kier molecular flexibility index (Phi) is 5.65. The van der Waals surface area contributed by atoms with Crippen LogP contribution in [0.3, 0.4) is 0 Å². The van der Waals surface area contributed by atoms with Crippen LogP contribution in [0.4, 0.5) is 0 Å². The first-order valence-corrected chi connectivity index (χ1v) is 8.34. The highest BCUT2D eigenvalue weighted by Crippen LogP contribution is 2.36. The lowest BCUT2D eigenvalue weighted by atomic mass is 9.80. The lowest BCUT2D eigenvalue weighted by Gasteiger charge is -2.24. The summed E-state index contributed by atoms with van der Waals surface area (Å²) in [6.45, 7) is 4.53. The molecule has 108 valence electrons. The average molecular weight is 269 g/mol. The molecule has 1 aliphatic rings. The van der Waals surface area contributed by atoms with Crippen LogP contribution in [0.2, 0.25) is 0 Å². The first kappa shape index (κ1) is 15.1. The number of rotatable bonds is 5. The zero-order valence-electron chi connectivity index (χ0n) is 13.0. The van der Waals surface area contributed by atoms with E-state index in [9.17, 15) is 5.26 Å². The Labute approximate surface area is 124 Å². The molecule has 0 N–H and O–H groups in total. The molecule has 0 heterocycles. The van der Waals surface area contributed by atoms with Gasteiger partial charge in [0, 0.05) is 0 Å². The van der Waals surface area contributed by atoms with Crippen LogP contribution in [0, 0.1) is 11.3 Å². The van der Waals surface area contributed by atoms with Crippen molar-refractivity contribution >= 4 is 0 Å². The van der Waals surface area contributed by atoms with Crippen molar-refractivity contribution in [2.75, 3.05) is 0 Å². The topological polar surface area (TPSA) is 23.8 Å². The minimum Gasteiger partial charge on any atom is -0.192 e. The summed E-state index contributed by atoms with van der Waals surface area (Å²) >= 11 is 0. The van der Waals surface area contributed by atoms with Gasteiger partial charge in [-0.1, -0.05) is 51.7 Å². The van der Waals surface area contributed by atoms with Crippen molar-refractivity contribution in [1.82, 2.24) is 0 Å². The van der Waals surface area contributed by atoms with Crippen molar-refractivity contribution < 1.29 is 0 Å². The molecular formula is C19H27N. The average Bonchev–Trinajstić information content (AvgIpc) is 2.53. The van der Waals surface area contributed by atoms with Gasteiger partial charge in [-0.3, -0.25) is 0 Å². The van der Waals surface area contributed by atoms with Gasteiger partial charge in [0.2, 0.25) is 0 Å². The van der Waals surface area contributed by atoms with Gasteiger partial charge in [0.15, 0.2) is 0 Å². The SMILES string of the molecule is CCCC(CC)c1ccc(C#N)c(C2CCCCC2)c1. The van der Waals surface area contributed by atoms with Gasteiger partial charge in [0.25, 0.3) is 0 Å². The molecule has 0 spiro atoms. The Bertz CT molecular complexity index is 463. The first-order valence-electron chi connectivity index (χ1n) is 8.34. The number of nitrogens with zero attached hydrogens (tertiary/aromatic N) is 1. The zero-order chi connectivity index (χ0) is 14.4. The molecule has 1 unspecified atom stereocenters. The highest BCUT2D eigenvalue weighted by atomic mass is 14.3. The van der Waals surface area contributed by atoms with E-state index in [1.54, 1.807) is 0 Å². The minimum atomic E-state index is 0.623. The predicted octanol–water partition coefficient (Wildman–Crippen LogP) is 5.90. The van der Waals surface area contributed by atoms with Crippen LogP contribution in [0.1, 0.15) is 93.7 Å². The molecule has 1 nitrogen and oxygen atoms in total. The molecule has 1 fully saturated rings. The van der Waals surface area contributed by atoms with Gasteiger partial charge in [0.1, 0.15) is 0 Å². The van der Waals surface area contributed by atoms with E-state index >= 15 is 0 Å². The Hall–Kier alpha value is -1.29. The van der Waals surface area contributed by atoms with Crippen molar-refractivity contribution in [2.24, 2.45) is 0 Å². The van der Waals surface area contributed by atoms with E-state index in [0.717, 1.165) is 5.56 Å². The summed E-state index contributed by atoms with van der Waals surface area (Å²) in [6, 6.07) is 9.02. The maximum atomic E-state index is 9.39. The normalized spacial score (nSPS) is 17.6. The third kappa shape index (κ3) is 3.42. The van der Waals surface area contributed by atoms with Gasteiger partial charge in [-0.2, -0.15) is 5.26 Å². The predicted molar refractivity (Wildman–Crippen MR) is 84.9 cm³/mol. The van der Waals surface area contributed by atoms with Crippen molar-refractivity contribution in [3.8, 4) is 6.07 Å². The van der Waals surface area contributed by atoms with Crippen molar-refractivity contribution in [1.29, 1.82) is 5.26 Å². The molecule has 1 aromatic rings. The molecule has 0 amide bonds. The maximum Gasteiger partial charge on any atom is 0.0994 e. The molecule has 0 aromatic heterocycles. The number of nitriles is 1. The van der Waals surface area contributed by atoms with Gasteiger partial charge in [-0.15, -0.1) is 0 Å². The van der Waals surface area contributed by atoms with Gasteiger partial charge in [-0.05, 0) is 54.7 Å². The van der Waals surface area contributed by atoms with E-state index < -0.39 is 0 Å². The molecule has 1 aromatic carbocycles. The van der Waals surface area contributed by atoms with Crippen LogP contribution in [-0.2, 0) is 0 Å². The van der Waals surface area contributed by atoms with E-state index in [0.29, 0.717) is 11.8 Å². The first-order chi connectivity index (χ1) is 9.80. The molecule has 2 rings (SSSR count). The highest BCUT2D eigenvalue weighted by molar-refractivity contribution is 5.43. The minimum absolute atomic E-state index is 0.623. The fourth-order valence-electron chi connectivity index (χ4n) is 3.64. The van der Waals surface area contributed by atoms with E-state index in [1.807, 2.05) is 0 Å². The lowest BCUT2D eigenvalue weighted by molar-refractivity contribution is 0.442. The standard InChI is InChI=1S/C19H27N/c1-3-8-15(4-2)17-11-12-18(14-20)19(13-17)16-9-6-5-7-10-16/h11-13,15-16H,3-10H2,1-2H3. The smallest absolute Gasteiger partial charge is 0.0994 e. The highest BCUT2D eigenvalue weighted by Gasteiger charge is 2.20. The summed E-state index contributed by atoms with van der Waals surface area (Å²) in [5.41, 5.74) is 3.69. The van der Waals surface area contributed by atoms with Crippen molar-refractivity contribution in [2.45, 2.75) is 77.0 Å². The number of hydrogen-bond acceptors (Lipinski definition) is 1. The molecule has 1 saturated carbocycles. The summed E-state index contributed by atoms with van der Waals surface area (Å²) in [4.78, 5) is 0. The molecule has 1 heteroatoms. The molecule has 0 aliphatic heterocycles. The second-order valence-electron chi connectivity index (χ2n) is 6.19. The van der Waals surface area contributed by atoms with Gasteiger partial charge in [-0.25, -0.2) is 0 Å². The van der Waals surface area contributed by atoms with Crippen LogP contribution < -0.4 is 0 Å². The summed E-state index contributed by atoms with van der Waals surface area (Å²) in [5.74, 6) is 1.28. The Balaban J connectivity index is 2.30. The molecule has 0 bridgehead atoms. The van der Waals surface area contributed by atoms with E-state index in [2.05, 4.69) is 38.1 Å². The van der Waals surface area contributed by atoms with Gasteiger partial charge >= 0.3 is 0 Å². The fraction of sp³-hybridized carbons (Fsp3) is 0.632. The molecule has 20 heavy (non-hydrogen) atoms. The Morgan fingerprint density at radius 2 is 1.95 bits per heavy atom. The van der Waals surface area contributed by atoms with Crippen LogP contribution in [0.5, 0.6) is 0 Å². The summed E-state index contributed by atoms with van der Waals surface area (Å²) < 4.78 is 0. The Morgan fingerprint density at radius 3 is 2.55 bits per heavy atom. The van der Waals surface area contributed by atoms with Crippen LogP contribution >= 0.6 is 0 Å². The Morgan fingerprint density at radius 1 is 1.20 bits per heavy atom. The fourth-order valence-corrected chi connectivity index (χ4v) is 3.64. The van der Waals surface area contributed by atoms with Crippen LogP contribution in [-0.4, -0.2) is 0 Å². The zero-order valence-corrected chi connectivity index (χ0v) is 13.0. The van der Waals surface area contributed by atoms with E-state index in [-0.39, 0.29) is 0 Å². The quantitative estimate of drug-likeness (QED) is 0.653. The second kappa shape index (κ2) is 7.48. The van der Waals surface area contributed by atoms with E-state index in [4.69, 9.17) is 0 Å². The molecule has 1 atom stereocenters. The third-order valence-electron chi connectivity index (χ3n) is 4.84. The van der Waals surface area contributed by atoms with Crippen molar-refractivity contribution in [3.05, 3.63) is 34.9 Å². The van der Waals surface area contributed by atoms with Crippen LogP contribution in [0.25, 0.3) is 0 Å². The number of hydrogen-bond donors (Lipinski definition) is 0. The second-order valence-corrected chi connectivity index (χ2v) is 6.19. The summed E-state index contributed by atoms with van der Waals surface area (Å²) in [7, 11) is 0. The summed E-state index contributed by atoms with van der Waals surface area (Å²) in [6.07, 6.45) is 10.2. The van der Waals surface area contributed by atoms with Gasteiger partial charge < -0.3 is 0 Å². The van der Waals surface area contributed by atoms with Gasteiger partial charge in [0.05, 0.1) is 11.6 Å². The largest absolute Gasteiger partial charge is 0.192 e. The lowest BCUT2D eigenvalue weighted by Crippen LogP contribution is -2.08. The van der Waals surface area contributed by atoms with E-state index in [1.165, 1.54) is 62.5 Å². The summed E-state index contributed by atoms with van der Waals surface area (Å²) in [5, 5.41) is 9.39. The number of benzene rings is 1. The molecule has 1 aliphatic carbocycles. The molecule has 0 radical (unpaired) electrons. The van der Waals surface area contributed by atoms with Crippen LogP contribution in [0.15, 0.2) is 18.2 Å². The third-order valence-corrected chi connectivity index (χ3v) is 4.84. The van der Waals surface area contributed by atoms with Crippen molar-refractivity contribution in [3.63, 3.8) is 0 Å².